The molecule has 130 valence electrons. The van der Waals surface area contributed by atoms with Crippen molar-refractivity contribution in [2.45, 2.75) is 19.9 Å². The van der Waals surface area contributed by atoms with E-state index in [1.165, 1.54) is 0 Å². The fraction of sp³-hybridized carbons (Fsp3) is 0.263. The lowest BCUT2D eigenvalue weighted by atomic mass is 9.91. The predicted octanol–water partition coefficient (Wildman–Crippen LogP) is 3.20. The van der Waals surface area contributed by atoms with Crippen molar-refractivity contribution in [1.29, 1.82) is 0 Å². The van der Waals surface area contributed by atoms with Crippen molar-refractivity contribution >= 4 is 34.1 Å². The summed E-state index contributed by atoms with van der Waals surface area (Å²) in [5, 5.41) is 8.68. The number of nitrogens with one attached hydrogen (secondary N) is 2. The zero-order valence-electron chi connectivity index (χ0n) is 14.4. The van der Waals surface area contributed by atoms with E-state index in [2.05, 4.69) is 10.6 Å². The van der Waals surface area contributed by atoms with Gasteiger partial charge < -0.3 is 20.1 Å². The molecule has 0 spiro atoms. The first kappa shape index (κ1) is 17.2. The van der Waals surface area contributed by atoms with Gasteiger partial charge in [0.1, 0.15) is 5.75 Å². The van der Waals surface area contributed by atoms with E-state index in [4.69, 9.17) is 21.7 Å². The molecule has 6 heteroatoms. The number of methoxy groups -OCH3 is 1. The van der Waals surface area contributed by atoms with Gasteiger partial charge in [-0.2, -0.15) is 0 Å². The Hall–Kier alpha value is -2.60. The van der Waals surface area contributed by atoms with Gasteiger partial charge in [-0.15, -0.1) is 0 Å². The summed E-state index contributed by atoms with van der Waals surface area (Å²) in [7, 11) is 1.65. The SMILES string of the molecule is CCOC(=O)C1=C(C)NC(=S)N[C@H]1c1ccc(OC)c2ccccc12. The number of benzene rings is 2. The average molecular weight is 356 g/mol. The van der Waals surface area contributed by atoms with Gasteiger partial charge in [0.15, 0.2) is 5.11 Å². The maximum atomic E-state index is 12.5. The summed E-state index contributed by atoms with van der Waals surface area (Å²) < 4.78 is 10.7. The standard InChI is InChI=1S/C19H20N2O3S/c1-4-24-18(22)16-11(2)20-19(25)21-17(16)14-9-10-15(23-3)13-8-6-5-7-12(13)14/h5-10,17H,4H2,1-3H3,(H2,20,21,25)/t17-/m0/s1. The van der Waals surface area contributed by atoms with E-state index in [1.807, 2.05) is 43.3 Å². The second-order valence-electron chi connectivity index (χ2n) is 5.69. The van der Waals surface area contributed by atoms with E-state index in [-0.39, 0.29) is 12.0 Å². The molecule has 0 saturated carbocycles. The Balaban J connectivity index is 2.19. The summed E-state index contributed by atoms with van der Waals surface area (Å²) >= 11 is 5.30. The number of ether oxygens (including phenoxy) is 2. The van der Waals surface area contributed by atoms with Gasteiger partial charge in [-0.25, -0.2) is 4.79 Å². The molecular formula is C19H20N2O3S. The predicted molar refractivity (Wildman–Crippen MR) is 101 cm³/mol. The van der Waals surface area contributed by atoms with Crippen molar-refractivity contribution < 1.29 is 14.3 Å². The van der Waals surface area contributed by atoms with E-state index in [1.54, 1.807) is 14.0 Å². The fourth-order valence-corrected chi connectivity index (χ4v) is 3.40. The van der Waals surface area contributed by atoms with Crippen LogP contribution in [0.15, 0.2) is 47.7 Å². The maximum Gasteiger partial charge on any atom is 0.338 e. The molecule has 0 fully saturated rings. The molecule has 0 bridgehead atoms. The maximum absolute atomic E-state index is 12.5. The van der Waals surface area contributed by atoms with Crippen molar-refractivity contribution in [3.8, 4) is 5.75 Å². The third-order valence-electron chi connectivity index (χ3n) is 4.21. The lowest BCUT2D eigenvalue weighted by Gasteiger charge is -2.30. The Morgan fingerprint density at radius 2 is 1.92 bits per heavy atom. The number of rotatable bonds is 4. The highest BCUT2D eigenvalue weighted by molar-refractivity contribution is 7.80. The molecule has 0 aromatic heterocycles. The molecule has 25 heavy (non-hydrogen) atoms. The number of allylic oxidation sites excluding steroid dienone is 1. The molecule has 1 aliphatic heterocycles. The van der Waals surface area contributed by atoms with E-state index < -0.39 is 0 Å². The molecule has 1 atom stereocenters. The van der Waals surface area contributed by atoms with Gasteiger partial charge in [0.25, 0.3) is 0 Å². The minimum Gasteiger partial charge on any atom is -0.496 e. The van der Waals surface area contributed by atoms with Gasteiger partial charge in [0.05, 0.1) is 25.3 Å². The Bertz CT molecular complexity index is 876. The van der Waals surface area contributed by atoms with Crippen LogP contribution in [0.25, 0.3) is 10.8 Å². The largest absolute Gasteiger partial charge is 0.496 e. The molecule has 0 amide bonds. The van der Waals surface area contributed by atoms with Crippen molar-refractivity contribution in [2.24, 2.45) is 0 Å². The first-order chi connectivity index (χ1) is 12.1. The van der Waals surface area contributed by atoms with Gasteiger partial charge in [-0.3, -0.25) is 0 Å². The number of esters is 1. The zero-order valence-corrected chi connectivity index (χ0v) is 15.2. The Morgan fingerprint density at radius 3 is 2.60 bits per heavy atom. The third kappa shape index (κ3) is 3.17. The second kappa shape index (κ2) is 7.11. The molecule has 0 aliphatic carbocycles. The number of carbonyl (C=O) groups is 1. The van der Waals surface area contributed by atoms with E-state index in [9.17, 15) is 4.79 Å². The minimum atomic E-state index is -0.386. The summed E-state index contributed by atoms with van der Waals surface area (Å²) in [4.78, 5) is 12.5. The molecule has 2 aromatic rings. The van der Waals surface area contributed by atoms with Crippen LogP contribution in [0.1, 0.15) is 25.5 Å². The zero-order chi connectivity index (χ0) is 18.0. The van der Waals surface area contributed by atoms with Crippen LogP contribution >= 0.6 is 12.2 Å². The first-order valence-corrected chi connectivity index (χ1v) is 8.48. The smallest absolute Gasteiger partial charge is 0.338 e. The van der Waals surface area contributed by atoms with Gasteiger partial charge in [-0.05, 0) is 43.1 Å². The lowest BCUT2D eigenvalue weighted by Crippen LogP contribution is -2.45. The van der Waals surface area contributed by atoms with Crippen molar-refractivity contribution in [3.63, 3.8) is 0 Å². The monoisotopic (exact) mass is 356 g/mol. The molecule has 0 unspecified atom stereocenters. The van der Waals surface area contributed by atoms with Gasteiger partial charge in [0, 0.05) is 11.1 Å². The fourth-order valence-electron chi connectivity index (χ4n) is 3.13. The topological polar surface area (TPSA) is 59.6 Å². The summed E-state index contributed by atoms with van der Waals surface area (Å²) in [6, 6.07) is 11.4. The van der Waals surface area contributed by atoms with E-state index in [0.717, 1.165) is 22.1 Å². The number of carbonyl (C=O) groups excluding carboxylic acids is 1. The van der Waals surface area contributed by atoms with Crippen molar-refractivity contribution in [3.05, 3.63) is 53.2 Å². The van der Waals surface area contributed by atoms with E-state index >= 15 is 0 Å². The van der Waals surface area contributed by atoms with Gasteiger partial charge in [-0.1, -0.05) is 30.3 Å². The Labute approximate surface area is 152 Å². The van der Waals surface area contributed by atoms with Crippen LogP contribution in [0, 0.1) is 0 Å². The van der Waals surface area contributed by atoms with Crippen LogP contribution in [0.4, 0.5) is 0 Å². The molecule has 2 N–H and O–H groups in total. The average Bonchev–Trinajstić information content (AvgIpc) is 2.60. The van der Waals surface area contributed by atoms with Crippen LogP contribution in [-0.2, 0) is 9.53 Å². The summed E-state index contributed by atoms with van der Waals surface area (Å²) in [6.45, 7) is 3.94. The lowest BCUT2D eigenvalue weighted by molar-refractivity contribution is -0.139. The molecule has 5 nitrogen and oxygen atoms in total. The number of thiocarbonyl (C=S) groups is 1. The normalized spacial score (nSPS) is 17.1. The summed E-state index contributed by atoms with van der Waals surface area (Å²) in [6.07, 6.45) is 0. The highest BCUT2D eigenvalue weighted by atomic mass is 32.1. The van der Waals surface area contributed by atoms with Crippen LogP contribution in [0.2, 0.25) is 0 Å². The molecule has 3 rings (SSSR count). The van der Waals surface area contributed by atoms with Crippen LogP contribution in [0.5, 0.6) is 5.75 Å². The quantitative estimate of drug-likeness (QED) is 0.648. The molecule has 2 aromatic carbocycles. The van der Waals surface area contributed by atoms with Gasteiger partial charge in [0.2, 0.25) is 0 Å². The molecule has 1 heterocycles. The minimum absolute atomic E-state index is 0.316. The van der Waals surface area contributed by atoms with Crippen molar-refractivity contribution in [2.75, 3.05) is 13.7 Å². The summed E-state index contributed by atoms with van der Waals surface area (Å²) in [5.74, 6) is 0.432. The molecular weight excluding hydrogens is 336 g/mol. The van der Waals surface area contributed by atoms with Crippen LogP contribution in [0.3, 0.4) is 0 Å². The van der Waals surface area contributed by atoms with Crippen LogP contribution in [-0.4, -0.2) is 24.8 Å². The molecule has 0 radical (unpaired) electrons. The second-order valence-corrected chi connectivity index (χ2v) is 6.10. The highest BCUT2D eigenvalue weighted by Crippen LogP contribution is 2.36. The third-order valence-corrected chi connectivity index (χ3v) is 4.43. The van der Waals surface area contributed by atoms with E-state index in [0.29, 0.717) is 23.0 Å². The van der Waals surface area contributed by atoms with Crippen molar-refractivity contribution in [1.82, 2.24) is 10.6 Å². The Morgan fingerprint density at radius 1 is 1.20 bits per heavy atom. The highest BCUT2D eigenvalue weighted by Gasteiger charge is 2.32. The summed E-state index contributed by atoms with van der Waals surface area (Å²) in [5.41, 5.74) is 2.18. The van der Waals surface area contributed by atoms with Gasteiger partial charge >= 0.3 is 5.97 Å². The number of hydrogen-bond donors (Lipinski definition) is 2. The molecule has 1 aliphatic rings. The molecule has 0 saturated heterocycles. The Kier molecular flexibility index (Phi) is 4.90. The number of fused-ring (bicyclic) bond motifs is 1. The first-order valence-electron chi connectivity index (χ1n) is 8.07. The van der Waals surface area contributed by atoms with Crippen LogP contribution < -0.4 is 15.4 Å². The number of hydrogen-bond acceptors (Lipinski definition) is 4.